The molecule has 1 amide bonds. The summed E-state index contributed by atoms with van der Waals surface area (Å²) in [5.41, 5.74) is 8.68. The number of hydrogen-bond acceptors (Lipinski definition) is 3. The number of benzene rings is 1. The number of rotatable bonds is 2. The Morgan fingerprint density at radius 1 is 1.22 bits per heavy atom. The second kappa shape index (κ2) is 4.86. The molecule has 18 heavy (non-hydrogen) atoms. The van der Waals surface area contributed by atoms with Crippen molar-refractivity contribution in [3.05, 3.63) is 45.8 Å². The van der Waals surface area contributed by atoms with Crippen LogP contribution in [0.15, 0.2) is 28.7 Å². The van der Waals surface area contributed by atoms with E-state index in [1.165, 1.54) is 0 Å². The molecule has 0 bridgehead atoms. The van der Waals surface area contributed by atoms with Gasteiger partial charge in [0.1, 0.15) is 0 Å². The van der Waals surface area contributed by atoms with Gasteiger partial charge in [0.25, 0.3) is 5.91 Å². The first-order valence-corrected chi connectivity index (χ1v) is 6.18. The van der Waals surface area contributed by atoms with E-state index in [1.807, 2.05) is 38.1 Å². The lowest BCUT2D eigenvalue weighted by Gasteiger charge is -2.07. The van der Waals surface area contributed by atoms with Crippen molar-refractivity contribution in [2.45, 2.75) is 13.8 Å². The maximum atomic E-state index is 11.2. The number of hydrogen-bond donors (Lipinski definition) is 1. The molecule has 1 aromatic heterocycles. The summed E-state index contributed by atoms with van der Waals surface area (Å²) < 4.78 is 0.958. The summed E-state index contributed by atoms with van der Waals surface area (Å²) in [5, 5.41) is 0. The van der Waals surface area contributed by atoms with E-state index in [0.717, 1.165) is 15.6 Å². The molecule has 0 aliphatic rings. The van der Waals surface area contributed by atoms with E-state index in [0.29, 0.717) is 11.4 Å². The number of amides is 1. The molecule has 4 nitrogen and oxygen atoms in total. The Balaban J connectivity index is 2.63. The van der Waals surface area contributed by atoms with Crippen LogP contribution in [0, 0.1) is 13.8 Å². The number of carbonyl (C=O) groups excluding carboxylic acids is 1. The minimum absolute atomic E-state index is 0.0457. The molecule has 0 aliphatic heterocycles. The molecular formula is C13H12BrN3O. The van der Waals surface area contributed by atoms with Crippen LogP contribution in [-0.4, -0.2) is 15.9 Å². The normalized spacial score (nSPS) is 10.4. The van der Waals surface area contributed by atoms with Gasteiger partial charge in [0.15, 0.2) is 0 Å². The summed E-state index contributed by atoms with van der Waals surface area (Å²) in [6.07, 6.45) is 0. The molecule has 0 fully saturated rings. The van der Waals surface area contributed by atoms with Gasteiger partial charge in [-0.15, -0.1) is 0 Å². The number of nitrogens with two attached hydrogens (primary N) is 1. The first-order chi connectivity index (χ1) is 8.47. The SMILES string of the molecule is Cc1cc(-c2cc(Br)ccc2C)nc(C(N)=O)n1. The predicted octanol–water partition coefficient (Wildman–Crippen LogP) is 2.62. The van der Waals surface area contributed by atoms with Crippen molar-refractivity contribution in [2.75, 3.05) is 0 Å². The minimum Gasteiger partial charge on any atom is -0.363 e. The van der Waals surface area contributed by atoms with E-state index >= 15 is 0 Å². The number of halogens is 1. The zero-order valence-electron chi connectivity index (χ0n) is 10.1. The molecule has 1 aromatic carbocycles. The molecule has 0 radical (unpaired) electrons. The zero-order valence-corrected chi connectivity index (χ0v) is 11.7. The fourth-order valence-corrected chi connectivity index (χ4v) is 2.05. The largest absolute Gasteiger partial charge is 0.363 e. The van der Waals surface area contributed by atoms with Crippen molar-refractivity contribution < 1.29 is 4.79 Å². The van der Waals surface area contributed by atoms with Crippen LogP contribution in [-0.2, 0) is 0 Å². The number of primary amides is 1. The lowest BCUT2D eigenvalue weighted by atomic mass is 10.1. The second-order valence-electron chi connectivity index (χ2n) is 4.04. The summed E-state index contributed by atoms with van der Waals surface area (Å²) >= 11 is 3.42. The molecule has 0 atom stereocenters. The Hall–Kier alpha value is -1.75. The van der Waals surface area contributed by atoms with Gasteiger partial charge in [-0.2, -0.15) is 0 Å². The average Bonchev–Trinajstić information content (AvgIpc) is 2.31. The van der Waals surface area contributed by atoms with Gasteiger partial charge in [-0.3, -0.25) is 4.79 Å². The van der Waals surface area contributed by atoms with Gasteiger partial charge < -0.3 is 5.73 Å². The molecule has 5 heteroatoms. The van der Waals surface area contributed by atoms with Crippen molar-refractivity contribution in [2.24, 2.45) is 5.73 Å². The molecule has 2 rings (SSSR count). The van der Waals surface area contributed by atoms with E-state index in [-0.39, 0.29) is 5.82 Å². The van der Waals surface area contributed by atoms with Crippen molar-refractivity contribution in [3.8, 4) is 11.3 Å². The fourth-order valence-electron chi connectivity index (χ4n) is 1.69. The van der Waals surface area contributed by atoms with Crippen LogP contribution in [0.2, 0.25) is 0 Å². The van der Waals surface area contributed by atoms with Crippen LogP contribution in [0.1, 0.15) is 21.9 Å². The van der Waals surface area contributed by atoms with Gasteiger partial charge >= 0.3 is 0 Å². The van der Waals surface area contributed by atoms with Crippen LogP contribution in [0.4, 0.5) is 0 Å². The second-order valence-corrected chi connectivity index (χ2v) is 4.96. The standard InChI is InChI=1S/C13H12BrN3O/c1-7-3-4-9(14)6-10(7)11-5-8(2)16-13(17-11)12(15)18/h3-6H,1-2H3,(H2,15,18). The quantitative estimate of drug-likeness (QED) is 0.927. The number of aryl methyl sites for hydroxylation is 2. The topological polar surface area (TPSA) is 68.9 Å². The van der Waals surface area contributed by atoms with E-state index in [4.69, 9.17) is 5.73 Å². The van der Waals surface area contributed by atoms with Gasteiger partial charge in [0.05, 0.1) is 5.69 Å². The third-order valence-corrected chi connectivity index (χ3v) is 3.04. The predicted molar refractivity (Wildman–Crippen MR) is 73.2 cm³/mol. The molecule has 2 aromatic rings. The molecule has 0 spiro atoms. The molecule has 1 heterocycles. The first kappa shape index (κ1) is 12.7. The first-order valence-electron chi connectivity index (χ1n) is 5.39. The molecule has 0 aliphatic carbocycles. The maximum Gasteiger partial charge on any atom is 0.286 e. The lowest BCUT2D eigenvalue weighted by Crippen LogP contribution is -2.16. The van der Waals surface area contributed by atoms with Crippen LogP contribution in [0.25, 0.3) is 11.3 Å². The summed E-state index contributed by atoms with van der Waals surface area (Å²) in [6.45, 7) is 3.80. The summed E-state index contributed by atoms with van der Waals surface area (Å²) in [4.78, 5) is 19.4. The van der Waals surface area contributed by atoms with E-state index in [2.05, 4.69) is 25.9 Å². The Kier molecular flexibility index (Phi) is 3.43. The Labute approximate surface area is 113 Å². The van der Waals surface area contributed by atoms with Gasteiger partial charge in [0, 0.05) is 15.7 Å². The average molecular weight is 306 g/mol. The van der Waals surface area contributed by atoms with Crippen molar-refractivity contribution in [3.63, 3.8) is 0 Å². The molecule has 2 N–H and O–H groups in total. The van der Waals surface area contributed by atoms with Crippen molar-refractivity contribution in [1.82, 2.24) is 9.97 Å². The lowest BCUT2D eigenvalue weighted by molar-refractivity contribution is 0.0990. The smallest absolute Gasteiger partial charge is 0.286 e. The highest BCUT2D eigenvalue weighted by Crippen LogP contribution is 2.25. The Morgan fingerprint density at radius 2 is 1.94 bits per heavy atom. The molecular weight excluding hydrogens is 294 g/mol. The van der Waals surface area contributed by atoms with E-state index in [9.17, 15) is 4.79 Å². The monoisotopic (exact) mass is 305 g/mol. The highest BCUT2D eigenvalue weighted by molar-refractivity contribution is 9.10. The Bertz CT molecular complexity index is 626. The van der Waals surface area contributed by atoms with Crippen LogP contribution >= 0.6 is 15.9 Å². The highest BCUT2D eigenvalue weighted by Gasteiger charge is 2.10. The van der Waals surface area contributed by atoms with Crippen molar-refractivity contribution >= 4 is 21.8 Å². The van der Waals surface area contributed by atoms with E-state index < -0.39 is 5.91 Å². The third-order valence-electron chi connectivity index (χ3n) is 2.55. The maximum absolute atomic E-state index is 11.2. The third kappa shape index (κ3) is 2.56. The molecule has 0 saturated carbocycles. The molecule has 0 saturated heterocycles. The summed E-state index contributed by atoms with van der Waals surface area (Å²) in [6, 6.07) is 7.74. The highest BCUT2D eigenvalue weighted by atomic mass is 79.9. The molecule has 92 valence electrons. The van der Waals surface area contributed by atoms with Gasteiger partial charge in [-0.05, 0) is 37.6 Å². The Morgan fingerprint density at radius 3 is 2.61 bits per heavy atom. The van der Waals surface area contributed by atoms with Gasteiger partial charge in [-0.25, -0.2) is 9.97 Å². The minimum atomic E-state index is -0.618. The fraction of sp³-hybridized carbons (Fsp3) is 0.154. The van der Waals surface area contributed by atoms with E-state index in [1.54, 1.807) is 0 Å². The number of nitrogens with zero attached hydrogens (tertiary/aromatic N) is 2. The van der Waals surface area contributed by atoms with Crippen LogP contribution in [0.5, 0.6) is 0 Å². The number of carbonyl (C=O) groups is 1. The van der Waals surface area contributed by atoms with Crippen molar-refractivity contribution in [1.29, 1.82) is 0 Å². The van der Waals surface area contributed by atoms with Crippen LogP contribution in [0.3, 0.4) is 0 Å². The molecule has 0 unspecified atom stereocenters. The summed E-state index contributed by atoms with van der Waals surface area (Å²) in [5.74, 6) is -0.572. The van der Waals surface area contributed by atoms with Gasteiger partial charge in [0.2, 0.25) is 5.82 Å². The number of aromatic nitrogens is 2. The van der Waals surface area contributed by atoms with Crippen LogP contribution < -0.4 is 5.73 Å². The van der Waals surface area contributed by atoms with Gasteiger partial charge in [-0.1, -0.05) is 22.0 Å². The summed E-state index contributed by atoms with van der Waals surface area (Å²) in [7, 11) is 0. The zero-order chi connectivity index (χ0) is 13.3.